The van der Waals surface area contributed by atoms with Crippen molar-refractivity contribution < 1.29 is 17.9 Å². The predicted octanol–water partition coefficient (Wildman–Crippen LogP) is 0.200. The molecule has 7 heteroatoms. The second-order valence-electron chi connectivity index (χ2n) is 4.55. The van der Waals surface area contributed by atoms with E-state index in [1.165, 1.54) is 11.4 Å². The summed E-state index contributed by atoms with van der Waals surface area (Å²) in [6.45, 7) is 2.32. The van der Waals surface area contributed by atoms with E-state index in [-0.39, 0.29) is 4.90 Å². The summed E-state index contributed by atoms with van der Waals surface area (Å²) in [6.07, 6.45) is 0.841. The van der Waals surface area contributed by atoms with Gasteiger partial charge < -0.3 is 9.53 Å². The SMILES string of the molecule is COc1ccc(S(=O)(=O)N2CCN(CC=O)CC2)cc1. The van der Waals surface area contributed by atoms with Crippen LogP contribution in [-0.4, -0.2) is 63.7 Å². The van der Waals surface area contributed by atoms with Gasteiger partial charge in [-0.3, -0.25) is 4.90 Å². The van der Waals surface area contributed by atoms with E-state index < -0.39 is 10.0 Å². The van der Waals surface area contributed by atoms with Gasteiger partial charge in [0, 0.05) is 26.2 Å². The van der Waals surface area contributed by atoms with Crippen molar-refractivity contribution in [1.82, 2.24) is 9.21 Å². The van der Waals surface area contributed by atoms with E-state index in [2.05, 4.69) is 0 Å². The van der Waals surface area contributed by atoms with Crippen molar-refractivity contribution in [3.05, 3.63) is 24.3 Å². The lowest BCUT2D eigenvalue weighted by atomic mass is 10.3. The molecule has 0 radical (unpaired) electrons. The van der Waals surface area contributed by atoms with Crippen LogP contribution in [-0.2, 0) is 14.8 Å². The van der Waals surface area contributed by atoms with Crippen LogP contribution in [0.5, 0.6) is 5.75 Å². The third kappa shape index (κ3) is 3.17. The number of methoxy groups -OCH3 is 1. The van der Waals surface area contributed by atoms with Crippen LogP contribution >= 0.6 is 0 Å². The fourth-order valence-corrected chi connectivity index (χ4v) is 3.58. The maximum Gasteiger partial charge on any atom is 0.243 e. The summed E-state index contributed by atoms with van der Waals surface area (Å²) in [5.41, 5.74) is 0. The van der Waals surface area contributed by atoms with Crippen molar-refractivity contribution in [1.29, 1.82) is 0 Å². The van der Waals surface area contributed by atoms with Crippen molar-refractivity contribution in [2.75, 3.05) is 39.8 Å². The highest BCUT2D eigenvalue weighted by molar-refractivity contribution is 7.89. The highest BCUT2D eigenvalue weighted by atomic mass is 32.2. The van der Waals surface area contributed by atoms with Crippen molar-refractivity contribution in [2.45, 2.75) is 4.90 Å². The molecule has 1 heterocycles. The van der Waals surface area contributed by atoms with E-state index >= 15 is 0 Å². The Morgan fingerprint density at radius 2 is 1.75 bits per heavy atom. The number of aldehydes is 1. The number of hydrogen-bond acceptors (Lipinski definition) is 5. The molecule has 1 aromatic carbocycles. The van der Waals surface area contributed by atoms with Gasteiger partial charge in [0.1, 0.15) is 12.0 Å². The first-order chi connectivity index (χ1) is 9.57. The summed E-state index contributed by atoms with van der Waals surface area (Å²) in [5.74, 6) is 0.625. The van der Waals surface area contributed by atoms with Crippen LogP contribution in [0, 0.1) is 0 Å². The summed E-state index contributed by atoms with van der Waals surface area (Å²) in [5, 5.41) is 0. The molecular formula is C13H18N2O4S. The van der Waals surface area contributed by atoms with Gasteiger partial charge in [0.05, 0.1) is 18.6 Å². The molecule has 1 fully saturated rings. The first-order valence-corrected chi connectivity index (χ1v) is 7.82. The van der Waals surface area contributed by atoms with E-state index in [4.69, 9.17) is 4.74 Å². The highest BCUT2D eigenvalue weighted by Gasteiger charge is 2.28. The van der Waals surface area contributed by atoms with Crippen LogP contribution in [0.15, 0.2) is 29.2 Å². The molecular weight excluding hydrogens is 280 g/mol. The summed E-state index contributed by atoms with van der Waals surface area (Å²) >= 11 is 0. The number of carbonyl (C=O) groups excluding carboxylic acids is 1. The van der Waals surface area contributed by atoms with Crippen LogP contribution in [0.1, 0.15) is 0 Å². The zero-order valence-electron chi connectivity index (χ0n) is 11.4. The van der Waals surface area contributed by atoms with Crippen molar-refractivity contribution in [2.24, 2.45) is 0 Å². The number of ether oxygens (including phenoxy) is 1. The van der Waals surface area contributed by atoms with Crippen molar-refractivity contribution in [3.63, 3.8) is 0 Å². The Morgan fingerprint density at radius 1 is 1.15 bits per heavy atom. The first-order valence-electron chi connectivity index (χ1n) is 6.38. The molecule has 110 valence electrons. The lowest BCUT2D eigenvalue weighted by Gasteiger charge is -2.32. The van der Waals surface area contributed by atoms with Gasteiger partial charge >= 0.3 is 0 Å². The van der Waals surface area contributed by atoms with E-state index in [0.717, 1.165) is 6.29 Å². The van der Waals surface area contributed by atoms with Gasteiger partial charge in [0.25, 0.3) is 0 Å². The van der Waals surface area contributed by atoms with E-state index in [9.17, 15) is 13.2 Å². The molecule has 1 aromatic rings. The summed E-state index contributed by atoms with van der Waals surface area (Å²) in [7, 11) is -1.93. The van der Waals surface area contributed by atoms with Gasteiger partial charge in [-0.05, 0) is 24.3 Å². The Balaban J connectivity index is 2.08. The topological polar surface area (TPSA) is 66.9 Å². The Morgan fingerprint density at radius 3 is 2.25 bits per heavy atom. The van der Waals surface area contributed by atoms with Gasteiger partial charge in [-0.2, -0.15) is 4.31 Å². The molecule has 0 bridgehead atoms. The van der Waals surface area contributed by atoms with Gasteiger partial charge in [0.15, 0.2) is 0 Å². The zero-order chi connectivity index (χ0) is 14.6. The van der Waals surface area contributed by atoms with E-state index in [1.54, 1.807) is 24.3 Å². The zero-order valence-corrected chi connectivity index (χ0v) is 12.2. The van der Waals surface area contributed by atoms with Gasteiger partial charge in [0.2, 0.25) is 10.0 Å². The molecule has 2 rings (SSSR count). The second kappa shape index (κ2) is 6.34. The Hall–Kier alpha value is -1.44. The number of rotatable bonds is 5. The molecule has 0 spiro atoms. The number of hydrogen-bond donors (Lipinski definition) is 0. The van der Waals surface area contributed by atoms with E-state index in [1.807, 2.05) is 4.90 Å². The van der Waals surface area contributed by atoms with Crippen molar-refractivity contribution >= 4 is 16.3 Å². The molecule has 1 aliphatic rings. The molecule has 1 aliphatic heterocycles. The maximum absolute atomic E-state index is 12.4. The smallest absolute Gasteiger partial charge is 0.243 e. The number of nitrogens with zero attached hydrogens (tertiary/aromatic N) is 2. The van der Waals surface area contributed by atoms with Gasteiger partial charge in [-0.1, -0.05) is 0 Å². The number of carbonyl (C=O) groups is 1. The Kier molecular flexibility index (Phi) is 4.74. The van der Waals surface area contributed by atoms with E-state index in [0.29, 0.717) is 38.5 Å². The van der Waals surface area contributed by atoms with Crippen molar-refractivity contribution in [3.8, 4) is 5.75 Å². The fraction of sp³-hybridized carbons (Fsp3) is 0.462. The lowest BCUT2D eigenvalue weighted by molar-refractivity contribution is -0.109. The van der Waals surface area contributed by atoms with Crippen LogP contribution in [0.25, 0.3) is 0 Å². The molecule has 1 saturated heterocycles. The molecule has 0 amide bonds. The predicted molar refractivity (Wildman–Crippen MR) is 74.3 cm³/mol. The quantitative estimate of drug-likeness (QED) is 0.727. The number of benzene rings is 1. The average Bonchev–Trinajstić information content (AvgIpc) is 2.48. The second-order valence-corrected chi connectivity index (χ2v) is 6.48. The summed E-state index contributed by atoms with van der Waals surface area (Å²) < 4.78 is 31.4. The Bertz CT molecular complexity index is 548. The lowest BCUT2D eigenvalue weighted by Crippen LogP contribution is -2.48. The monoisotopic (exact) mass is 298 g/mol. The minimum atomic E-state index is -3.46. The molecule has 0 aliphatic carbocycles. The molecule has 20 heavy (non-hydrogen) atoms. The molecule has 0 atom stereocenters. The van der Waals surface area contributed by atoms with Gasteiger partial charge in [-0.15, -0.1) is 0 Å². The van der Waals surface area contributed by atoms with Crippen LogP contribution in [0.2, 0.25) is 0 Å². The minimum Gasteiger partial charge on any atom is -0.497 e. The summed E-state index contributed by atoms with van der Waals surface area (Å²) in [6, 6.07) is 6.36. The first kappa shape index (κ1) is 15.0. The normalized spacial score (nSPS) is 17.9. The molecule has 0 unspecified atom stereocenters. The molecule has 0 aromatic heterocycles. The third-order valence-corrected chi connectivity index (χ3v) is 5.27. The number of piperazine rings is 1. The van der Waals surface area contributed by atoms with Crippen LogP contribution in [0.4, 0.5) is 0 Å². The maximum atomic E-state index is 12.4. The van der Waals surface area contributed by atoms with Crippen LogP contribution in [0.3, 0.4) is 0 Å². The Labute approximate surface area is 119 Å². The molecule has 6 nitrogen and oxygen atoms in total. The molecule has 0 saturated carbocycles. The van der Waals surface area contributed by atoms with Gasteiger partial charge in [-0.25, -0.2) is 8.42 Å². The molecule has 0 N–H and O–H groups in total. The van der Waals surface area contributed by atoms with Crippen LogP contribution < -0.4 is 4.74 Å². The third-order valence-electron chi connectivity index (χ3n) is 3.36. The average molecular weight is 298 g/mol. The fourth-order valence-electron chi connectivity index (χ4n) is 2.15. The summed E-state index contributed by atoms with van der Waals surface area (Å²) in [4.78, 5) is 12.7. The highest BCUT2D eigenvalue weighted by Crippen LogP contribution is 2.20. The number of sulfonamides is 1. The minimum absolute atomic E-state index is 0.266. The standard InChI is InChI=1S/C13H18N2O4S/c1-19-12-2-4-13(5-3-12)20(17,18)15-8-6-14(7-9-15)10-11-16/h2-5,11H,6-10H2,1H3. The largest absolute Gasteiger partial charge is 0.497 e.